The Morgan fingerprint density at radius 3 is 2.39 bits per heavy atom. The number of likely N-dealkylation sites (tertiary alicyclic amines) is 1. The largest absolute Gasteiger partial charge is 0.480 e. The van der Waals surface area contributed by atoms with E-state index in [9.17, 15) is 14.7 Å². The van der Waals surface area contributed by atoms with Crippen LogP contribution in [0.15, 0.2) is 0 Å². The van der Waals surface area contributed by atoms with Gasteiger partial charge in [-0.15, -0.1) is 0 Å². The highest BCUT2D eigenvalue weighted by Crippen LogP contribution is 2.15. The first-order valence-electron chi connectivity index (χ1n) is 6.70. The number of amides is 1. The molecule has 1 heterocycles. The van der Waals surface area contributed by atoms with Crippen LogP contribution in [0.2, 0.25) is 0 Å². The Labute approximate surface area is 109 Å². The fourth-order valence-corrected chi connectivity index (χ4v) is 2.49. The average molecular weight is 256 g/mol. The summed E-state index contributed by atoms with van der Waals surface area (Å²) in [5.74, 6) is -0.887. The predicted octanol–water partition coefficient (Wildman–Crippen LogP) is 1.23. The van der Waals surface area contributed by atoms with Gasteiger partial charge in [0, 0.05) is 13.1 Å². The molecule has 0 radical (unpaired) electrons. The minimum absolute atomic E-state index is 0.0103. The standard InChI is InChI=1S/C13H24N2O3/c1-4-7-13(3,12(17)18)14-10(2)11(16)15-8-5-6-9-15/h10,14H,4-9H2,1-3H3,(H,17,18). The number of carbonyl (C=O) groups is 2. The summed E-state index contributed by atoms with van der Waals surface area (Å²) in [6.07, 6.45) is 3.37. The van der Waals surface area contributed by atoms with Gasteiger partial charge in [-0.3, -0.25) is 14.9 Å². The number of aliphatic carboxylic acids is 1. The third-order valence-electron chi connectivity index (χ3n) is 3.55. The second-order valence-corrected chi connectivity index (χ2v) is 5.29. The van der Waals surface area contributed by atoms with E-state index in [4.69, 9.17) is 0 Å². The summed E-state index contributed by atoms with van der Waals surface area (Å²) < 4.78 is 0. The van der Waals surface area contributed by atoms with Gasteiger partial charge in [0.15, 0.2) is 0 Å². The molecule has 1 aliphatic heterocycles. The van der Waals surface area contributed by atoms with Gasteiger partial charge in [0.05, 0.1) is 6.04 Å². The van der Waals surface area contributed by atoms with E-state index in [-0.39, 0.29) is 5.91 Å². The second-order valence-electron chi connectivity index (χ2n) is 5.29. The van der Waals surface area contributed by atoms with Crippen molar-refractivity contribution in [2.45, 2.75) is 58.0 Å². The van der Waals surface area contributed by atoms with Gasteiger partial charge < -0.3 is 10.0 Å². The van der Waals surface area contributed by atoms with Crippen LogP contribution in [0.1, 0.15) is 46.5 Å². The molecule has 0 spiro atoms. The normalized spacial score (nSPS) is 20.5. The highest BCUT2D eigenvalue weighted by atomic mass is 16.4. The van der Waals surface area contributed by atoms with Gasteiger partial charge in [0.2, 0.25) is 5.91 Å². The van der Waals surface area contributed by atoms with Crippen LogP contribution in [0.5, 0.6) is 0 Å². The molecule has 5 nitrogen and oxygen atoms in total. The molecule has 0 aromatic heterocycles. The van der Waals surface area contributed by atoms with Crippen molar-refractivity contribution in [3.05, 3.63) is 0 Å². The van der Waals surface area contributed by atoms with Crippen molar-refractivity contribution in [3.8, 4) is 0 Å². The Balaban J connectivity index is 2.62. The fourth-order valence-electron chi connectivity index (χ4n) is 2.49. The van der Waals surface area contributed by atoms with Gasteiger partial charge in [-0.1, -0.05) is 13.3 Å². The molecule has 104 valence electrons. The Morgan fingerprint density at radius 2 is 1.94 bits per heavy atom. The van der Waals surface area contributed by atoms with E-state index >= 15 is 0 Å². The first kappa shape index (κ1) is 15.0. The lowest BCUT2D eigenvalue weighted by Crippen LogP contribution is -2.57. The van der Waals surface area contributed by atoms with E-state index in [0.29, 0.717) is 6.42 Å². The van der Waals surface area contributed by atoms with Gasteiger partial charge >= 0.3 is 5.97 Å². The van der Waals surface area contributed by atoms with Crippen molar-refractivity contribution in [2.75, 3.05) is 13.1 Å². The minimum Gasteiger partial charge on any atom is -0.480 e. The van der Waals surface area contributed by atoms with Crippen molar-refractivity contribution >= 4 is 11.9 Å². The molecule has 0 saturated carbocycles. The van der Waals surface area contributed by atoms with E-state index in [0.717, 1.165) is 32.4 Å². The van der Waals surface area contributed by atoms with E-state index in [1.807, 2.05) is 11.8 Å². The zero-order chi connectivity index (χ0) is 13.8. The van der Waals surface area contributed by atoms with Gasteiger partial charge in [-0.2, -0.15) is 0 Å². The molecule has 1 fully saturated rings. The molecule has 1 saturated heterocycles. The Morgan fingerprint density at radius 1 is 1.39 bits per heavy atom. The zero-order valence-corrected chi connectivity index (χ0v) is 11.5. The molecule has 0 aromatic carbocycles. The van der Waals surface area contributed by atoms with Crippen molar-refractivity contribution in [1.82, 2.24) is 10.2 Å². The molecule has 1 aliphatic rings. The lowest BCUT2D eigenvalue weighted by atomic mass is 9.95. The van der Waals surface area contributed by atoms with Crippen LogP contribution in [0.3, 0.4) is 0 Å². The number of carbonyl (C=O) groups excluding carboxylic acids is 1. The first-order chi connectivity index (χ1) is 8.40. The van der Waals surface area contributed by atoms with Crippen LogP contribution in [-0.2, 0) is 9.59 Å². The summed E-state index contributed by atoms with van der Waals surface area (Å²) >= 11 is 0. The van der Waals surface area contributed by atoms with E-state index in [1.54, 1.807) is 13.8 Å². The highest BCUT2D eigenvalue weighted by molar-refractivity contribution is 5.84. The third-order valence-corrected chi connectivity index (χ3v) is 3.55. The van der Waals surface area contributed by atoms with Crippen LogP contribution in [0, 0.1) is 0 Å². The summed E-state index contributed by atoms with van der Waals surface area (Å²) in [5, 5.41) is 12.3. The summed E-state index contributed by atoms with van der Waals surface area (Å²) in [6, 6.07) is -0.448. The maximum atomic E-state index is 12.1. The Kier molecular flexibility index (Phi) is 5.14. The number of carboxylic acid groups (broad SMARTS) is 1. The van der Waals surface area contributed by atoms with Crippen LogP contribution >= 0.6 is 0 Å². The molecular weight excluding hydrogens is 232 g/mol. The van der Waals surface area contributed by atoms with Crippen LogP contribution in [-0.4, -0.2) is 46.6 Å². The van der Waals surface area contributed by atoms with E-state index < -0.39 is 17.6 Å². The smallest absolute Gasteiger partial charge is 0.323 e. The molecule has 2 N–H and O–H groups in total. The number of nitrogens with zero attached hydrogens (tertiary/aromatic N) is 1. The van der Waals surface area contributed by atoms with Gasteiger partial charge in [0.1, 0.15) is 5.54 Å². The van der Waals surface area contributed by atoms with Crippen LogP contribution in [0.4, 0.5) is 0 Å². The lowest BCUT2D eigenvalue weighted by molar-refractivity contribution is -0.145. The first-order valence-corrected chi connectivity index (χ1v) is 6.70. The lowest BCUT2D eigenvalue weighted by Gasteiger charge is -2.31. The Bertz CT molecular complexity index is 313. The predicted molar refractivity (Wildman–Crippen MR) is 69.4 cm³/mol. The summed E-state index contributed by atoms with van der Waals surface area (Å²) in [7, 11) is 0. The molecule has 18 heavy (non-hydrogen) atoms. The maximum absolute atomic E-state index is 12.1. The van der Waals surface area contributed by atoms with Crippen LogP contribution < -0.4 is 5.32 Å². The van der Waals surface area contributed by atoms with Crippen molar-refractivity contribution in [3.63, 3.8) is 0 Å². The summed E-state index contributed by atoms with van der Waals surface area (Å²) in [4.78, 5) is 25.2. The highest BCUT2D eigenvalue weighted by Gasteiger charge is 2.36. The van der Waals surface area contributed by atoms with Gasteiger partial charge in [0.25, 0.3) is 0 Å². The monoisotopic (exact) mass is 256 g/mol. The number of hydrogen-bond donors (Lipinski definition) is 2. The molecule has 0 aromatic rings. The average Bonchev–Trinajstić information content (AvgIpc) is 2.81. The number of rotatable bonds is 6. The van der Waals surface area contributed by atoms with Crippen molar-refractivity contribution in [1.29, 1.82) is 0 Å². The number of hydrogen-bond acceptors (Lipinski definition) is 3. The summed E-state index contributed by atoms with van der Waals surface area (Å²) in [6.45, 7) is 6.92. The minimum atomic E-state index is -1.02. The molecule has 5 heteroatoms. The second kappa shape index (κ2) is 6.18. The molecule has 0 bridgehead atoms. The molecule has 1 rings (SSSR count). The molecule has 2 unspecified atom stereocenters. The maximum Gasteiger partial charge on any atom is 0.323 e. The summed E-state index contributed by atoms with van der Waals surface area (Å²) in [5.41, 5.74) is -1.02. The molecular formula is C13H24N2O3. The number of carboxylic acids is 1. The van der Waals surface area contributed by atoms with Gasteiger partial charge in [-0.25, -0.2) is 0 Å². The molecule has 0 aliphatic carbocycles. The molecule has 1 amide bonds. The molecule has 2 atom stereocenters. The number of nitrogens with one attached hydrogen (secondary N) is 1. The van der Waals surface area contributed by atoms with Crippen molar-refractivity contribution < 1.29 is 14.7 Å². The van der Waals surface area contributed by atoms with E-state index in [1.165, 1.54) is 0 Å². The SMILES string of the molecule is CCCC(C)(NC(C)C(=O)N1CCCC1)C(=O)O. The topological polar surface area (TPSA) is 69.6 Å². The van der Waals surface area contributed by atoms with Crippen LogP contribution in [0.25, 0.3) is 0 Å². The van der Waals surface area contributed by atoms with Gasteiger partial charge in [-0.05, 0) is 33.1 Å². The van der Waals surface area contributed by atoms with Crippen molar-refractivity contribution in [2.24, 2.45) is 0 Å². The fraction of sp³-hybridized carbons (Fsp3) is 0.846. The Hall–Kier alpha value is -1.10. The van der Waals surface area contributed by atoms with E-state index in [2.05, 4.69) is 5.32 Å². The third kappa shape index (κ3) is 3.45. The zero-order valence-electron chi connectivity index (χ0n) is 11.5. The quantitative estimate of drug-likeness (QED) is 0.750.